The lowest BCUT2D eigenvalue weighted by molar-refractivity contribution is -0.383. The molecule has 0 bridgehead atoms. The number of carbonyl (C=O) groups excluding carboxylic acids is 2. The molecule has 3 rings (SSSR count). The predicted octanol–water partition coefficient (Wildman–Crippen LogP) is 2.95. The number of hydrogen-bond acceptors (Lipinski definition) is 7. The molecule has 0 saturated heterocycles. The average molecular weight is 440 g/mol. The van der Waals surface area contributed by atoms with E-state index in [0.29, 0.717) is 16.5 Å². The normalized spacial score (nSPS) is 11.5. The molecule has 1 heterocycles. The fraction of sp³-hybridized carbons (Fsp3) is 0.200. The van der Waals surface area contributed by atoms with Gasteiger partial charge in [-0.05, 0) is 25.1 Å². The summed E-state index contributed by atoms with van der Waals surface area (Å²) in [4.78, 5) is 35.1. The molecule has 1 atom stereocenters. The van der Waals surface area contributed by atoms with E-state index in [-0.39, 0.29) is 23.0 Å². The number of thioether (sulfide) groups is 1. The van der Waals surface area contributed by atoms with Crippen LogP contribution in [0.4, 0.5) is 11.4 Å². The second-order valence-electron chi connectivity index (χ2n) is 6.57. The van der Waals surface area contributed by atoms with Crippen LogP contribution in [0, 0.1) is 10.1 Å². The van der Waals surface area contributed by atoms with Gasteiger partial charge in [-0.1, -0.05) is 42.1 Å². The smallest absolute Gasteiger partial charge is 0.292 e. The van der Waals surface area contributed by atoms with Gasteiger partial charge in [-0.3, -0.25) is 19.7 Å². The average Bonchev–Trinajstić information content (AvgIpc) is 3.13. The van der Waals surface area contributed by atoms with Crippen molar-refractivity contribution in [2.45, 2.75) is 18.1 Å². The Kier molecular flexibility index (Phi) is 6.98. The predicted molar refractivity (Wildman–Crippen MR) is 116 cm³/mol. The Balaban J connectivity index is 1.59. The van der Waals surface area contributed by atoms with Crippen molar-refractivity contribution in [3.8, 4) is 0 Å². The summed E-state index contributed by atoms with van der Waals surface area (Å²) in [5, 5.41) is 25.1. The Morgan fingerprint density at radius 2 is 1.81 bits per heavy atom. The van der Waals surface area contributed by atoms with E-state index in [1.54, 1.807) is 48.9 Å². The van der Waals surface area contributed by atoms with E-state index in [1.807, 2.05) is 6.07 Å². The van der Waals surface area contributed by atoms with Crippen LogP contribution in [-0.4, -0.2) is 37.3 Å². The summed E-state index contributed by atoms with van der Waals surface area (Å²) in [6.45, 7) is 1.79. The topological polar surface area (TPSA) is 132 Å². The lowest BCUT2D eigenvalue weighted by atomic mass is 10.2. The molecule has 0 unspecified atom stereocenters. The number of benzene rings is 2. The lowest BCUT2D eigenvalue weighted by Crippen LogP contribution is -2.28. The number of nitrogens with one attached hydrogen (secondary N) is 2. The van der Waals surface area contributed by atoms with E-state index in [1.165, 1.54) is 18.2 Å². The van der Waals surface area contributed by atoms with Crippen molar-refractivity contribution in [2.75, 3.05) is 11.1 Å². The maximum atomic E-state index is 12.3. The zero-order valence-corrected chi connectivity index (χ0v) is 17.6. The van der Waals surface area contributed by atoms with Crippen LogP contribution in [0.2, 0.25) is 0 Å². The molecule has 10 nitrogen and oxygen atoms in total. The van der Waals surface area contributed by atoms with Crippen molar-refractivity contribution in [3.63, 3.8) is 0 Å². The Morgan fingerprint density at radius 1 is 1.13 bits per heavy atom. The highest BCUT2D eigenvalue weighted by Crippen LogP contribution is 2.24. The number of anilines is 1. The van der Waals surface area contributed by atoms with E-state index in [0.717, 1.165) is 11.8 Å². The number of rotatable bonds is 8. The molecule has 0 fully saturated rings. The molecular formula is C20H20N6O4S. The van der Waals surface area contributed by atoms with Crippen molar-refractivity contribution < 1.29 is 14.5 Å². The van der Waals surface area contributed by atoms with E-state index < -0.39 is 16.9 Å². The van der Waals surface area contributed by atoms with E-state index in [4.69, 9.17) is 0 Å². The highest BCUT2D eigenvalue weighted by Gasteiger charge is 2.20. The van der Waals surface area contributed by atoms with Crippen molar-refractivity contribution in [3.05, 3.63) is 76.1 Å². The monoisotopic (exact) mass is 440 g/mol. The van der Waals surface area contributed by atoms with Gasteiger partial charge in [0.05, 0.1) is 16.7 Å². The Morgan fingerprint density at radius 3 is 2.52 bits per heavy atom. The maximum Gasteiger partial charge on any atom is 0.292 e. The third kappa shape index (κ3) is 5.45. The number of carbonyl (C=O) groups is 2. The van der Waals surface area contributed by atoms with Crippen LogP contribution in [0.5, 0.6) is 0 Å². The van der Waals surface area contributed by atoms with Gasteiger partial charge >= 0.3 is 0 Å². The van der Waals surface area contributed by atoms with Crippen LogP contribution in [0.15, 0.2) is 59.8 Å². The summed E-state index contributed by atoms with van der Waals surface area (Å²) in [7, 11) is 1.74. The SMILES string of the molecule is C[C@@H](NC(=O)c1ccccc1)c1nnc(SCC(=O)Nc2ccccc2[N+](=O)[O-])n1C. The number of nitrogens with zero attached hydrogens (tertiary/aromatic N) is 4. The summed E-state index contributed by atoms with van der Waals surface area (Å²) in [6, 6.07) is 14.4. The number of hydrogen-bond donors (Lipinski definition) is 2. The van der Waals surface area contributed by atoms with Gasteiger partial charge < -0.3 is 15.2 Å². The summed E-state index contributed by atoms with van der Waals surface area (Å²) in [6.07, 6.45) is 0. The Hall–Kier alpha value is -3.73. The van der Waals surface area contributed by atoms with Crippen molar-refractivity contribution in [1.29, 1.82) is 0 Å². The summed E-state index contributed by atoms with van der Waals surface area (Å²) < 4.78 is 1.69. The highest BCUT2D eigenvalue weighted by molar-refractivity contribution is 7.99. The first-order chi connectivity index (χ1) is 14.9. The third-order valence-electron chi connectivity index (χ3n) is 4.35. The molecule has 2 N–H and O–H groups in total. The van der Waals surface area contributed by atoms with Gasteiger partial charge in [-0.25, -0.2) is 0 Å². The van der Waals surface area contributed by atoms with Crippen LogP contribution in [0.25, 0.3) is 0 Å². The van der Waals surface area contributed by atoms with Gasteiger partial charge in [0.1, 0.15) is 5.69 Å². The molecule has 31 heavy (non-hydrogen) atoms. The minimum absolute atomic E-state index is 0.0111. The van der Waals surface area contributed by atoms with Gasteiger partial charge in [-0.15, -0.1) is 10.2 Å². The molecule has 0 radical (unpaired) electrons. The van der Waals surface area contributed by atoms with Gasteiger partial charge in [-0.2, -0.15) is 0 Å². The first kappa shape index (κ1) is 22.0. The number of amides is 2. The highest BCUT2D eigenvalue weighted by atomic mass is 32.2. The van der Waals surface area contributed by atoms with Gasteiger partial charge in [0, 0.05) is 18.7 Å². The minimum Gasteiger partial charge on any atom is -0.342 e. The molecule has 0 aliphatic rings. The lowest BCUT2D eigenvalue weighted by Gasteiger charge is -2.13. The molecule has 0 aliphatic heterocycles. The standard InChI is InChI=1S/C20H20N6O4S/c1-13(21-19(28)14-8-4-3-5-9-14)18-23-24-20(25(18)2)31-12-17(27)22-15-10-6-7-11-16(15)26(29)30/h3-11,13H,12H2,1-2H3,(H,21,28)(H,22,27)/t13-/m1/s1. The minimum atomic E-state index is -0.553. The molecule has 1 aromatic heterocycles. The molecule has 11 heteroatoms. The van der Waals surface area contributed by atoms with Crippen LogP contribution in [0.1, 0.15) is 29.1 Å². The van der Waals surface area contributed by atoms with Crippen molar-refractivity contribution >= 4 is 35.0 Å². The van der Waals surface area contributed by atoms with Crippen LogP contribution in [0.3, 0.4) is 0 Å². The second-order valence-corrected chi connectivity index (χ2v) is 7.51. The third-order valence-corrected chi connectivity index (χ3v) is 5.37. The fourth-order valence-corrected chi connectivity index (χ4v) is 3.54. The molecule has 160 valence electrons. The van der Waals surface area contributed by atoms with Gasteiger partial charge in [0.15, 0.2) is 11.0 Å². The molecule has 2 amide bonds. The van der Waals surface area contributed by atoms with E-state index >= 15 is 0 Å². The summed E-state index contributed by atoms with van der Waals surface area (Å²) in [5.41, 5.74) is 0.497. The summed E-state index contributed by atoms with van der Waals surface area (Å²) in [5.74, 6) is -0.114. The van der Waals surface area contributed by atoms with Crippen LogP contribution in [-0.2, 0) is 11.8 Å². The largest absolute Gasteiger partial charge is 0.342 e. The van der Waals surface area contributed by atoms with Crippen LogP contribution >= 0.6 is 11.8 Å². The molecule has 2 aromatic carbocycles. The van der Waals surface area contributed by atoms with Crippen LogP contribution < -0.4 is 10.6 Å². The van der Waals surface area contributed by atoms with Crippen molar-refractivity contribution in [1.82, 2.24) is 20.1 Å². The Bertz CT molecular complexity index is 1100. The number of para-hydroxylation sites is 2. The summed E-state index contributed by atoms with van der Waals surface area (Å²) >= 11 is 1.14. The van der Waals surface area contributed by atoms with E-state index in [2.05, 4.69) is 20.8 Å². The quantitative estimate of drug-likeness (QED) is 0.313. The second kappa shape index (κ2) is 9.85. The zero-order valence-electron chi connectivity index (χ0n) is 16.8. The Labute approximate surface area is 182 Å². The molecule has 0 saturated carbocycles. The molecular weight excluding hydrogens is 420 g/mol. The number of aromatic nitrogens is 3. The zero-order chi connectivity index (χ0) is 22.4. The first-order valence-corrected chi connectivity index (χ1v) is 10.3. The molecule has 3 aromatic rings. The van der Waals surface area contributed by atoms with E-state index in [9.17, 15) is 19.7 Å². The van der Waals surface area contributed by atoms with Crippen molar-refractivity contribution in [2.24, 2.45) is 7.05 Å². The molecule has 0 aliphatic carbocycles. The van der Waals surface area contributed by atoms with Gasteiger partial charge in [0.2, 0.25) is 5.91 Å². The van der Waals surface area contributed by atoms with Gasteiger partial charge in [0.25, 0.3) is 11.6 Å². The first-order valence-electron chi connectivity index (χ1n) is 9.28. The maximum absolute atomic E-state index is 12.3. The number of nitro benzene ring substituents is 1. The number of nitro groups is 1. The molecule has 0 spiro atoms. The fourth-order valence-electron chi connectivity index (χ4n) is 2.82.